The number of hydrogen-bond acceptors (Lipinski definition) is 8. The van der Waals surface area contributed by atoms with Crippen LogP contribution in [-0.2, 0) is 0 Å². The van der Waals surface area contributed by atoms with Gasteiger partial charge in [-0.2, -0.15) is 0 Å². The first-order valence-electron chi connectivity index (χ1n) is 9.91. The Bertz CT molecular complexity index is 957. The lowest BCUT2D eigenvalue weighted by Gasteiger charge is -2.34. The van der Waals surface area contributed by atoms with Gasteiger partial charge in [-0.3, -0.25) is 4.79 Å². The first-order valence-corrected chi connectivity index (χ1v) is 10.8. The number of rotatable bonds is 4. The van der Waals surface area contributed by atoms with E-state index in [1.165, 1.54) is 12.8 Å². The molecule has 2 saturated heterocycles. The highest BCUT2D eigenvalue weighted by Gasteiger charge is 2.26. The maximum atomic E-state index is 12.8. The number of carbonyl (C=O) groups is 1. The van der Waals surface area contributed by atoms with Crippen LogP contribution in [0.15, 0.2) is 40.2 Å². The van der Waals surface area contributed by atoms with Crippen LogP contribution < -0.4 is 9.80 Å². The Balaban J connectivity index is 1.19. The van der Waals surface area contributed by atoms with Gasteiger partial charge in [0, 0.05) is 45.3 Å². The summed E-state index contributed by atoms with van der Waals surface area (Å²) in [4.78, 5) is 20.0. The lowest BCUT2D eigenvalue weighted by molar-refractivity contribution is 0.0736. The number of piperazine rings is 1. The summed E-state index contributed by atoms with van der Waals surface area (Å²) in [5.74, 6) is 2.36. The topological polar surface area (TPSA) is 78.6 Å². The van der Waals surface area contributed by atoms with E-state index in [1.54, 1.807) is 17.4 Å². The second-order valence-electron chi connectivity index (χ2n) is 7.28. The Hall–Kier alpha value is -2.94. The van der Waals surface area contributed by atoms with Crippen molar-refractivity contribution in [2.45, 2.75) is 12.8 Å². The third-order valence-corrected chi connectivity index (χ3v) is 6.34. The summed E-state index contributed by atoms with van der Waals surface area (Å²) < 4.78 is 5.35. The quantitative estimate of drug-likeness (QED) is 0.654. The Kier molecular flexibility index (Phi) is 4.89. The molecule has 1 amide bonds. The summed E-state index contributed by atoms with van der Waals surface area (Å²) in [6.07, 6.45) is 2.44. The second kappa shape index (κ2) is 7.82. The normalized spacial score (nSPS) is 17.2. The summed E-state index contributed by atoms with van der Waals surface area (Å²) >= 11 is 1.56. The first kappa shape index (κ1) is 18.1. The van der Waals surface area contributed by atoms with E-state index in [4.69, 9.17) is 4.52 Å². The van der Waals surface area contributed by atoms with Gasteiger partial charge in [-0.05, 0) is 36.4 Å². The van der Waals surface area contributed by atoms with Crippen LogP contribution in [0, 0.1) is 0 Å². The molecule has 2 fully saturated rings. The van der Waals surface area contributed by atoms with Gasteiger partial charge in [0.15, 0.2) is 23.1 Å². The van der Waals surface area contributed by atoms with Gasteiger partial charge < -0.3 is 19.2 Å². The van der Waals surface area contributed by atoms with Crippen molar-refractivity contribution < 1.29 is 9.32 Å². The average Bonchev–Trinajstić information content (AvgIpc) is 3.55. The van der Waals surface area contributed by atoms with Crippen LogP contribution in [-0.4, -0.2) is 65.4 Å². The molecule has 0 bridgehead atoms. The molecule has 0 aliphatic carbocycles. The number of aromatic nitrogens is 3. The number of thiophene rings is 1. The summed E-state index contributed by atoms with van der Waals surface area (Å²) in [5, 5.41) is 14.8. The van der Waals surface area contributed by atoms with E-state index in [2.05, 4.69) is 25.2 Å². The lowest BCUT2D eigenvalue weighted by atomic mass is 10.2. The summed E-state index contributed by atoms with van der Waals surface area (Å²) in [5.41, 5.74) is 0.358. The molecule has 8 nitrogen and oxygen atoms in total. The maximum absolute atomic E-state index is 12.8. The van der Waals surface area contributed by atoms with E-state index >= 15 is 0 Å². The molecule has 3 aromatic heterocycles. The number of carbonyl (C=O) groups excluding carboxylic acids is 1. The van der Waals surface area contributed by atoms with Crippen molar-refractivity contribution in [1.82, 2.24) is 20.3 Å². The minimum Gasteiger partial charge on any atom is -0.355 e. The average molecular weight is 411 g/mol. The van der Waals surface area contributed by atoms with Crippen LogP contribution in [0.3, 0.4) is 0 Å². The van der Waals surface area contributed by atoms with Crippen molar-refractivity contribution in [2.24, 2.45) is 0 Å². The van der Waals surface area contributed by atoms with Crippen LogP contribution in [0.5, 0.6) is 0 Å². The van der Waals surface area contributed by atoms with E-state index in [1.807, 2.05) is 34.5 Å². The van der Waals surface area contributed by atoms with Crippen molar-refractivity contribution in [1.29, 1.82) is 0 Å². The van der Waals surface area contributed by atoms with Crippen molar-refractivity contribution in [3.63, 3.8) is 0 Å². The Labute approximate surface area is 172 Å². The SMILES string of the molecule is O=C(c1cc(-c2cccs2)on1)N1CCN(c2ccc(N3CCCC3)nn2)CC1. The van der Waals surface area contributed by atoms with E-state index in [9.17, 15) is 4.79 Å². The maximum Gasteiger partial charge on any atom is 0.276 e. The molecule has 150 valence electrons. The molecule has 0 aromatic carbocycles. The van der Waals surface area contributed by atoms with Gasteiger partial charge in [-0.1, -0.05) is 11.2 Å². The Morgan fingerprint density at radius 2 is 1.62 bits per heavy atom. The summed E-state index contributed by atoms with van der Waals surface area (Å²) in [6, 6.07) is 9.71. The molecule has 3 aromatic rings. The van der Waals surface area contributed by atoms with Gasteiger partial charge in [0.1, 0.15) is 0 Å². The van der Waals surface area contributed by atoms with E-state index in [-0.39, 0.29) is 5.91 Å². The molecule has 9 heteroatoms. The fourth-order valence-corrected chi connectivity index (χ4v) is 4.49. The van der Waals surface area contributed by atoms with Gasteiger partial charge in [-0.15, -0.1) is 21.5 Å². The van der Waals surface area contributed by atoms with Crippen LogP contribution in [0.4, 0.5) is 11.6 Å². The fourth-order valence-electron chi connectivity index (χ4n) is 3.81. The van der Waals surface area contributed by atoms with Gasteiger partial charge in [0.2, 0.25) is 0 Å². The largest absolute Gasteiger partial charge is 0.355 e. The third-order valence-electron chi connectivity index (χ3n) is 5.45. The molecule has 5 rings (SSSR count). The molecule has 0 unspecified atom stereocenters. The molecule has 2 aliphatic heterocycles. The predicted molar refractivity (Wildman–Crippen MR) is 111 cm³/mol. The third kappa shape index (κ3) is 3.69. The van der Waals surface area contributed by atoms with Crippen LogP contribution >= 0.6 is 11.3 Å². The minimum atomic E-state index is -0.0910. The molecule has 5 heterocycles. The van der Waals surface area contributed by atoms with Crippen LogP contribution in [0.25, 0.3) is 10.6 Å². The summed E-state index contributed by atoms with van der Waals surface area (Å²) in [7, 11) is 0. The van der Waals surface area contributed by atoms with Crippen molar-refractivity contribution in [3.8, 4) is 10.6 Å². The molecular formula is C20H22N6O2S. The molecule has 0 N–H and O–H groups in total. The predicted octanol–water partition coefficient (Wildman–Crippen LogP) is 2.76. The van der Waals surface area contributed by atoms with Gasteiger partial charge >= 0.3 is 0 Å². The standard InChI is InChI=1S/C20H22N6O2S/c27-20(15-14-16(28-23-15)17-4-3-13-29-17)26-11-9-25(10-12-26)19-6-5-18(21-22-19)24-7-1-2-8-24/h3-6,13-14H,1-2,7-12H2. The lowest BCUT2D eigenvalue weighted by Crippen LogP contribution is -2.49. The molecule has 0 saturated carbocycles. The highest BCUT2D eigenvalue weighted by atomic mass is 32.1. The van der Waals surface area contributed by atoms with Crippen LogP contribution in [0.2, 0.25) is 0 Å². The molecule has 0 spiro atoms. The minimum absolute atomic E-state index is 0.0910. The second-order valence-corrected chi connectivity index (χ2v) is 8.22. The monoisotopic (exact) mass is 410 g/mol. The zero-order valence-electron chi connectivity index (χ0n) is 16.0. The van der Waals surface area contributed by atoms with E-state index in [0.717, 1.165) is 42.7 Å². The smallest absolute Gasteiger partial charge is 0.276 e. The van der Waals surface area contributed by atoms with Gasteiger partial charge in [0.25, 0.3) is 5.91 Å². The Morgan fingerprint density at radius 3 is 2.24 bits per heavy atom. The molecule has 0 radical (unpaired) electrons. The van der Waals surface area contributed by atoms with Gasteiger partial charge in [-0.25, -0.2) is 0 Å². The van der Waals surface area contributed by atoms with Crippen molar-refractivity contribution in [2.75, 3.05) is 49.1 Å². The highest BCUT2D eigenvalue weighted by Crippen LogP contribution is 2.26. The number of nitrogens with zero attached hydrogens (tertiary/aromatic N) is 6. The van der Waals surface area contributed by atoms with Crippen molar-refractivity contribution in [3.05, 3.63) is 41.4 Å². The molecule has 29 heavy (non-hydrogen) atoms. The first-order chi connectivity index (χ1) is 14.3. The van der Waals surface area contributed by atoms with E-state index < -0.39 is 0 Å². The zero-order valence-corrected chi connectivity index (χ0v) is 16.8. The molecule has 0 atom stereocenters. The zero-order chi connectivity index (χ0) is 19.6. The van der Waals surface area contributed by atoms with Crippen molar-refractivity contribution >= 4 is 28.9 Å². The van der Waals surface area contributed by atoms with E-state index in [0.29, 0.717) is 24.5 Å². The molecule has 2 aliphatic rings. The van der Waals surface area contributed by atoms with Crippen LogP contribution in [0.1, 0.15) is 23.3 Å². The number of anilines is 2. The fraction of sp³-hybridized carbons (Fsp3) is 0.400. The number of amides is 1. The Morgan fingerprint density at radius 1 is 0.931 bits per heavy atom. The summed E-state index contributed by atoms with van der Waals surface area (Å²) in [6.45, 7) is 4.81. The molecular weight excluding hydrogens is 388 g/mol. The number of hydrogen-bond donors (Lipinski definition) is 0. The van der Waals surface area contributed by atoms with Gasteiger partial charge in [0.05, 0.1) is 4.88 Å². The highest BCUT2D eigenvalue weighted by molar-refractivity contribution is 7.13.